The number of aliphatic hydroxyl groups is 2. The molecule has 2 aromatic carbocycles. The molecule has 0 bridgehead atoms. The molecule has 0 aromatic heterocycles. The molecule has 0 amide bonds. The lowest BCUT2D eigenvalue weighted by Crippen LogP contribution is -2.38. The number of allylic oxidation sites excluding steroid dienone is 2. The molecule has 0 fully saturated rings. The lowest BCUT2D eigenvalue weighted by Gasteiger charge is -2.32. The largest absolute Gasteiger partial charge is 0.385 e. The molecule has 0 heterocycles. The maximum Gasteiger partial charge on any atom is 0.137 e. The van der Waals surface area contributed by atoms with Gasteiger partial charge >= 0.3 is 0 Å². The van der Waals surface area contributed by atoms with Crippen LogP contribution in [0, 0.1) is 0 Å². The van der Waals surface area contributed by atoms with Crippen molar-refractivity contribution in [1.82, 2.24) is 0 Å². The first-order chi connectivity index (χ1) is 9.70. The van der Waals surface area contributed by atoms with E-state index in [0.29, 0.717) is 5.56 Å². The Kier molecular flexibility index (Phi) is 3.26. The van der Waals surface area contributed by atoms with Crippen molar-refractivity contribution in [3.05, 3.63) is 90.0 Å². The van der Waals surface area contributed by atoms with Gasteiger partial charge in [-0.3, -0.25) is 0 Å². The molecule has 0 saturated heterocycles. The Hall–Kier alpha value is -2.16. The highest BCUT2D eigenvalue weighted by Gasteiger charge is 2.35. The van der Waals surface area contributed by atoms with Crippen LogP contribution in [0.4, 0.5) is 0 Å². The maximum atomic E-state index is 10.7. The fourth-order valence-corrected chi connectivity index (χ4v) is 2.46. The molecule has 1 aliphatic rings. The summed E-state index contributed by atoms with van der Waals surface area (Å²) in [7, 11) is 0. The molecule has 3 rings (SSSR count). The van der Waals surface area contributed by atoms with Gasteiger partial charge in [0.05, 0.1) is 0 Å². The summed E-state index contributed by atoms with van der Waals surface area (Å²) < 4.78 is 0. The van der Waals surface area contributed by atoms with E-state index in [2.05, 4.69) is 0 Å². The summed E-state index contributed by atoms with van der Waals surface area (Å²) >= 11 is 0. The second-order valence-corrected chi connectivity index (χ2v) is 4.96. The van der Waals surface area contributed by atoms with Crippen LogP contribution in [0.25, 0.3) is 5.57 Å². The normalized spacial score (nSPS) is 25.3. The molecule has 2 atom stereocenters. The fourth-order valence-electron chi connectivity index (χ4n) is 2.46. The minimum Gasteiger partial charge on any atom is -0.385 e. The molecule has 100 valence electrons. The molecule has 0 radical (unpaired) electrons. The monoisotopic (exact) mass is 264 g/mol. The summed E-state index contributed by atoms with van der Waals surface area (Å²) in [6.45, 7) is 0. The van der Waals surface area contributed by atoms with E-state index >= 15 is 0 Å². The molecule has 0 aliphatic heterocycles. The van der Waals surface area contributed by atoms with Crippen molar-refractivity contribution >= 4 is 5.57 Å². The molecule has 2 nitrogen and oxygen atoms in total. The Labute approximate surface area is 118 Å². The van der Waals surface area contributed by atoms with Crippen LogP contribution < -0.4 is 0 Å². The van der Waals surface area contributed by atoms with Crippen molar-refractivity contribution in [2.75, 3.05) is 0 Å². The predicted octanol–water partition coefficient (Wildman–Crippen LogP) is 2.89. The van der Waals surface area contributed by atoms with Crippen LogP contribution in [0.15, 0.2) is 78.9 Å². The average molecular weight is 264 g/mol. The first-order valence-corrected chi connectivity index (χ1v) is 6.62. The molecule has 20 heavy (non-hydrogen) atoms. The summed E-state index contributed by atoms with van der Waals surface area (Å²) in [6.07, 6.45) is 4.25. The van der Waals surface area contributed by atoms with E-state index in [9.17, 15) is 10.2 Å². The quantitative estimate of drug-likeness (QED) is 0.875. The summed E-state index contributed by atoms with van der Waals surface area (Å²) in [5.41, 5.74) is 1.27. The third-order valence-corrected chi connectivity index (χ3v) is 3.65. The van der Waals surface area contributed by atoms with Gasteiger partial charge in [-0.1, -0.05) is 66.7 Å². The standard InChI is InChI=1S/C18H16O2/c19-17-13-15(14-7-3-1-4-8-14)11-12-18(17,20)16-9-5-2-6-10-16/h1-13,17,19-20H. The van der Waals surface area contributed by atoms with Crippen molar-refractivity contribution in [3.8, 4) is 0 Å². The van der Waals surface area contributed by atoms with E-state index in [-0.39, 0.29) is 0 Å². The molecule has 0 spiro atoms. The Morgan fingerprint density at radius 2 is 1.45 bits per heavy atom. The lowest BCUT2D eigenvalue weighted by atomic mass is 9.82. The Morgan fingerprint density at radius 1 is 0.850 bits per heavy atom. The van der Waals surface area contributed by atoms with Crippen LogP contribution >= 0.6 is 0 Å². The van der Waals surface area contributed by atoms with E-state index in [1.807, 2.05) is 66.7 Å². The summed E-state index contributed by atoms with van der Waals surface area (Å²) in [6, 6.07) is 19.0. The second kappa shape index (κ2) is 5.08. The lowest BCUT2D eigenvalue weighted by molar-refractivity contribution is -0.0189. The van der Waals surface area contributed by atoms with Gasteiger partial charge in [0.15, 0.2) is 0 Å². The molecule has 0 saturated carbocycles. The van der Waals surface area contributed by atoms with Crippen LogP contribution in [0.1, 0.15) is 11.1 Å². The molecule has 2 aromatic rings. The Bertz CT molecular complexity index is 644. The summed E-state index contributed by atoms with van der Waals surface area (Å²) in [4.78, 5) is 0. The van der Waals surface area contributed by atoms with Gasteiger partial charge in [-0.15, -0.1) is 0 Å². The number of hydrogen-bond acceptors (Lipinski definition) is 2. The highest BCUT2D eigenvalue weighted by molar-refractivity contribution is 5.76. The average Bonchev–Trinajstić information content (AvgIpc) is 2.52. The molecule has 1 aliphatic carbocycles. The number of hydrogen-bond donors (Lipinski definition) is 2. The van der Waals surface area contributed by atoms with Gasteiger partial charge in [0.25, 0.3) is 0 Å². The molecule has 2 heteroatoms. The van der Waals surface area contributed by atoms with E-state index in [1.165, 1.54) is 0 Å². The van der Waals surface area contributed by atoms with Gasteiger partial charge in [0, 0.05) is 0 Å². The molecular formula is C18H16O2. The Morgan fingerprint density at radius 3 is 2.05 bits per heavy atom. The SMILES string of the molecule is OC1C=C(c2ccccc2)C=CC1(O)c1ccccc1. The van der Waals surface area contributed by atoms with E-state index < -0.39 is 11.7 Å². The number of rotatable bonds is 2. The molecular weight excluding hydrogens is 248 g/mol. The Balaban J connectivity index is 1.95. The van der Waals surface area contributed by atoms with Gasteiger partial charge in [-0.2, -0.15) is 0 Å². The minimum absolute atomic E-state index is 0.687. The summed E-state index contributed by atoms with van der Waals surface area (Å²) in [5.74, 6) is 0. The topological polar surface area (TPSA) is 40.5 Å². The van der Waals surface area contributed by atoms with Gasteiger partial charge < -0.3 is 10.2 Å². The van der Waals surface area contributed by atoms with Gasteiger partial charge in [-0.05, 0) is 28.9 Å². The zero-order chi connectivity index (χ0) is 14.0. The third-order valence-electron chi connectivity index (χ3n) is 3.65. The van der Waals surface area contributed by atoms with Crippen molar-refractivity contribution < 1.29 is 10.2 Å². The fraction of sp³-hybridized carbons (Fsp3) is 0.111. The van der Waals surface area contributed by atoms with Crippen LogP contribution in [0.2, 0.25) is 0 Å². The van der Waals surface area contributed by atoms with E-state index in [4.69, 9.17) is 0 Å². The van der Waals surface area contributed by atoms with E-state index in [0.717, 1.165) is 11.1 Å². The number of benzene rings is 2. The van der Waals surface area contributed by atoms with Crippen molar-refractivity contribution in [1.29, 1.82) is 0 Å². The zero-order valence-electron chi connectivity index (χ0n) is 11.0. The van der Waals surface area contributed by atoms with Crippen LogP contribution in [-0.2, 0) is 5.60 Å². The van der Waals surface area contributed by atoms with Crippen LogP contribution in [-0.4, -0.2) is 16.3 Å². The predicted molar refractivity (Wildman–Crippen MR) is 79.9 cm³/mol. The summed E-state index contributed by atoms with van der Waals surface area (Å²) in [5, 5.41) is 21.0. The minimum atomic E-state index is -1.36. The first kappa shape index (κ1) is 12.9. The molecule has 2 unspecified atom stereocenters. The van der Waals surface area contributed by atoms with Gasteiger partial charge in [0.1, 0.15) is 11.7 Å². The third kappa shape index (κ3) is 2.20. The highest BCUT2D eigenvalue weighted by atomic mass is 16.3. The second-order valence-electron chi connectivity index (χ2n) is 4.96. The highest BCUT2D eigenvalue weighted by Crippen LogP contribution is 2.34. The molecule has 2 N–H and O–H groups in total. The maximum absolute atomic E-state index is 10.7. The van der Waals surface area contributed by atoms with E-state index in [1.54, 1.807) is 12.2 Å². The van der Waals surface area contributed by atoms with Crippen LogP contribution in [0.5, 0.6) is 0 Å². The van der Waals surface area contributed by atoms with Gasteiger partial charge in [0.2, 0.25) is 0 Å². The van der Waals surface area contributed by atoms with Crippen molar-refractivity contribution in [2.45, 2.75) is 11.7 Å². The number of aliphatic hydroxyl groups excluding tert-OH is 1. The van der Waals surface area contributed by atoms with Crippen LogP contribution in [0.3, 0.4) is 0 Å². The first-order valence-electron chi connectivity index (χ1n) is 6.62. The zero-order valence-corrected chi connectivity index (χ0v) is 11.0. The van der Waals surface area contributed by atoms with Gasteiger partial charge in [-0.25, -0.2) is 0 Å². The van der Waals surface area contributed by atoms with Crippen molar-refractivity contribution in [2.24, 2.45) is 0 Å². The van der Waals surface area contributed by atoms with Crippen molar-refractivity contribution in [3.63, 3.8) is 0 Å². The smallest absolute Gasteiger partial charge is 0.137 e.